The number of carbonyl (C=O) groups is 1. The Bertz CT molecular complexity index is 702. The van der Waals surface area contributed by atoms with Crippen molar-refractivity contribution in [1.29, 1.82) is 0 Å². The van der Waals surface area contributed by atoms with Crippen LogP contribution < -0.4 is 10.1 Å². The molecule has 7 heteroatoms. The average Bonchev–Trinajstić information content (AvgIpc) is 3.04. The van der Waals surface area contributed by atoms with Crippen LogP contribution in [0.5, 0.6) is 5.75 Å². The number of hydrogen-bond donors (Lipinski definition) is 1. The predicted octanol–water partition coefficient (Wildman–Crippen LogP) is 3.33. The van der Waals surface area contributed by atoms with E-state index in [9.17, 15) is 4.79 Å². The van der Waals surface area contributed by atoms with Crippen LogP contribution in [0.15, 0.2) is 18.2 Å². The molecule has 1 aromatic carbocycles. The third kappa shape index (κ3) is 3.39. The van der Waals surface area contributed by atoms with Crippen molar-refractivity contribution in [3.8, 4) is 5.75 Å². The molecule has 22 heavy (non-hydrogen) atoms. The van der Waals surface area contributed by atoms with Crippen LogP contribution >= 0.6 is 22.9 Å². The highest BCUT2D eigenvalue weighted by molar-refractivity contribution is 7.15. The molecule has 0 saturated heterocycles. The molecule has 1 aliphatic heterocycles. The maximum Gasteiger partial charge on any atom is 0.267 e. The lowest BCUT2D eigenvalue weighted by molar-refractivity contribution is -0.122. The largest absolute Gasteiger partial charge is 0.480 e. The smallest absolute Gasteiger partial charge is 0.267 e. The third-order valence-electron chi connectivity index (χ3n) is 3.27. The number of nitrogens with one attached hydrogen (secondary N) is 1. The lowest BCUT2D eigenvalue weighted by Gasteiger charge is -2.08. The number of halogens is 1. The highest BCUT2D eigenvalue weighted by atomic mass is 35.5. The van der Waals surface area contributed by atoms with Crippen LogP contribution in [0.1, 0.15) is 24.4 Å². The fraction of sp³-hybridized carbons (Fsp3) is 0.400. The van der Waals surface area contributed by atoms with Gasteiger partial charge in [0.05, 0.1) is 0 Å². The fourth-order valence-electron chi connectivity index (χ4n) is 2.29. The van der Waals surface area contributed by atoms with E-state index < -0.39 is 6.10 Å². The quantitative estimate of drug-likeness (QED) is 0.929. The first-order valence-corrected chi connectivity index (χ1v) is 8.29. The Morgan fingerprint density at radius 2 is 2.32 bits per heavy atom. The van der Waals surface area contributed by atoms with Crippen molar-refractivity contribution in [2.75, 3.05) is 5.32 Å². The molecule has 3 rings (SSSR count). The molecule has 1 atom stereocenters. The number of fused-ring (bicyclic) bond motifs is 1. The number of ether oxygens (including phenoxy) is 1. The number of hydrogen-bond acceptors (Lipinski definition) is 5. The second kappa shape index (κ2) is 6.22. The zero-order chi connectivity index (χ0) is 15.7. The van der Waals surface area contributed by atoms with E-state index in [1.807, 2.05) is 6.07 Å². The van der Waals surface area contributed by atoms with E-state index in [0.29, 0.717) is 28.2 Å². The summed E-state index contributed by atoms with van der Waals surface area (Å²) in [6.07, 6.45) is 0.822. The Labute approximate surface area is 137 Å². The van der Waals surface area contributed by atoms with Gasteiger partial charge in [-0.05, 0) is 29.7 Å². The summed E-state index contributed by atoms with van der Waals surface area (Å²) in [6, 6.07) is 5.37. The van der Waals surface area contributed by atoms with Crippen LogP contribution in [0.25, 0.3) is 0 Å². The first-order chi connectivity index (χ1) is 10.5. The maximum atomic E-state index is 12.3. The molecule has 0 bridgehead atoms. The van der Waals surface area contributed by atoms with E-state index in [1.165, 1.54) is 11.3 Å². The second-order valence-corrected chi connectivity index (χ2v) is 7.15. The molecule has 5 nitrogen and oxygen atoms in total. The van der Waals surface area contributed by atoms with Gasteiger partial charge in [-0.25, -0.2) is 0 Å². The average molecular weight is 338 g/mol. The van der Waals surface area contributed by atoms with Gasteiger partial charge in [-0.3, -0.25) is 10.1 Å². The molecule has 2 heterocycles. The minimum Gasteiger partial charge on any atom is -0.480 e. The zero-order valence-corrected chi connectivity index (χ0v) is 13.9. The summed E-state index contributed by atoms with van der Waals surface area (Å²) < 4.78 is 5.65. The van der Waals surface area contributed by atoms with Gasteiger partial charge in [0.1, 0.15) is 10.8 Å². The van der Waals surface area contributed by atoms with Crippen LogP contribution in [-0.2, 0) is 17.6 Å². The summed E-state index contributed by atoms with van der Waals surface area (Å²) in [5, 5.41) is 12.9. The van der Waals surface area contributed by atoms with Crippen molar-refractivity contribution >= 4 is 34.0 Å². The molecule has 2 aromatic rings. The number of nitrogens with zero attached hydrogens (tertiary/aromatic N) is 2. The Morgan fingerprint density at radius 3 is 3.09 bits per heavy atom. The summed E-state index contributed by atoms with van der Waals surface area (Å²) >= 11 is 7.36. The van der Waals surface area contributed by atoms with Crippen LogP contribution in [0.2, 0.25) is 5.02 Å². The van der Waals surface area contributed by atoms with Crippen molar-refractivity contribution < 1.29 is 9.53 Å². The molecule has 1 amide bonds. The van der Waals surface area contributed by atoms with E-state index in [0.717, 1.165) is 17.0 Å². The van der Waals surface area contributed by atoms with Crippen LogP contribution in [0.3, 0.4) is 0 Å². The second-order valence-electron chi connectivity index (χ2n) is 5.65. The molecule has 0 fully saturated rings. The standard InChI is InChI=1S/C15H16ClN3O2S/c1-8(2)5-13-18-19-15(22-13)17-14(20)12-7-9-6-10(16)3-4-11(9)21-12/h3-4,6,8,12H,5,7H2,1-2H3,(H,17,19,20). The lowest BCUT2D eigenvalue weighted by atomic mass is 10.1. The predicted molar refractivity (Wildman–Crippen MR) is 86.7 cm³/mol. The maximum absolute atomic E-state index is 12.3. The van der Waals surface area contributed by atoms with Crippen molar-refractivity contribution in [2.24, 2.45) is 5.92 Å². The Kier molecular flexibility index (Phi) is 4.31. The Morgan fingerprint density at radius 1 is 1.50 bits per heavy atom. The monoisotopic (exact) mass is 337 g/mol. The summed E-state index contributed by atoms with van der Waals surface area (Å²) in [4.78, 5) is 12.3. The zero-order valence-electron chi connectivity index (χ0n) is 12.3. The highest BCUT2D eigenvalue weighted by Crippen LogP contribution is 2.31. The third-order valence-corrected chi connectivity index (χ3v) is 4.37. The minimum absolute atomic E-state index is 0.209. The van der Waals surface area contributed by atoms with E-state index >= 15 is 0 Å². The molecule has 1 N–H and O–H groups in total. The highest BCUT2D eigenvalue weighted by Gasteiger charge is 2.29. The van der Waals surface area contributed by atoms with Crippen LogP contribution in [0, 0.1) is 5.92 Å². The molecule has 0 aliphatic carbocycles. The van der Waals surface area contributed by atoms with Crippen molar-refractivity contribution in [1.82, 2.24) is 10.2 Å². The molecule has 1 unspecified atom stereocenters. The van der Waals surface area contributed by atoms with Gasteiger partial charge >= 0.3 is 0 Å². The molecular formula is C15H16ClN3O2S. The number of aromatic nitrogens is 2. The fourth-order valence-corrected chi connectivity index (χ4v) is 3.43. The SMILES string of the molecule is CC(C)Cc1nnc(NC(=O)C2Cc3cc(Cl)ccc3O2)s1. The molecule has 116 valence electrons. The summed E-state index contributed by atoms with van der Waals surface area (Å²) in [7, 11) is 0. The lowest BCUT2D eigenvalue weighted by Crippen LogP contribution is -2.31. The van der Waals surface area contributed by atoms with Gasteiger partial charge in [-0.1, -0.05) is 36.8 Å². The minimum atomic E-state index is -0.550. The van der Waals surface area contributed by atoms with Gasteiger partial charge in [0.2, 0.25) is 5.13 Å². The number of rotatable bonds is 4. The van der Waals surface area contributed by atoms with E-state index in [-0.39, 0.29) is 5.91 Å². The van der Waals surface area contributed by atoms with Gasteiger partial charge in [0.15, 0.2) is 6.10 Å². The Hall–Kier alpha value is -1.66. The normalized spacial score (nSPS) is 16.5. The van der Waals surface area contributed by atoms with Gasteiger partial charge in [-0.15, -0.1) is 10.2 Å². The summed E-state index contributed by atoms with van der Waals surface area (Å²) in [5.41, 5.74) is 0.949. The van der Waals surface area contributed by atoms with E-state index in [4.69, 9.17) is 16.3 Å². The summed E-state index contributed by atoms with van der Waals surface area (Å²) in [6.45, 7) is 4.24. The molecule has 0 radical (unpaired) electrons. The van der Waals surface area contributed by atoms with E-state index in [1.54, 1.807) is 12.1 Å². The molecular weight excluding hydrogens is 322 g/mol. The number of amides is 1. The molecule has 0 spiro atoms. The first kappa shape index (κ1) is 15.2. The van der Waals surface area contributed by atoms with E-state index in [2.05, 4.69) is 29.4 Å². The van der Waals surface area contributed by atoms with Gasteiger partial charge in [0.25, 0.3) is 5.91 Å². The summed E-state index contributed by atoms with van der Waals surface area (Å²) in [5.74, 6) is 1.01. The van der Waals surface area contributed by atoms with Gasteiger partial charge in [-0.2, -0.15) is 0 Å². The number of carbonyl (C=O) groups excluding carboxylic acids is 1. The van der Waals surface area contributed by atoms with Crippen molar-refractivity contribution in [2.45, 2.75) is 32.8 Å². The topological polar surface area (TPSA) is 64.1 Å². The molecule has 1 aromatic heterocycles. The number of anilines is 1. The Balaban J connectivity index is 1.63. The van der Waals surface area contributed by atoms with Crippen LogP contribution in [-0.4, -0.2) is 22.2 Å². The number of benzene rings is 1. The molecule has 1 aliphatic rings. The van der Waals surface area contributed by atoms with Gasteiger partial charge in [0, 0.05) is 17.9 Å². The van der Waals surface area contributed by atoms with Crippen molar-refractivity contribution in [3.63, 3.8) is 0 Å². The van der Waals surface area contributed by atoms with Gasteiger partial charge < -0.3 is 4.74 Å². The molecule has 0 saturated carbocycles. The first-order valence-electron chi connectivity index (χ1n) is 7.09. The van der Waals surface area contributed by atoms with Crippen molar-refractivity contribution in [3.05, 3.63) is 33.8 Å². The van der Waals surface area contributed by atoms with Crippen LogP contribution in [0.4, 0.5) is 5.13 Å².